The Hall–Kier alpha value is -1.44. The van der Waals surface area contributed by atoms with Crippen molar-refractivity contribution in [2.45, 2.75) is 23.9 Å². The van der Waals surface area contributed by atoms with Crippen molar-refractivity contribution in [3.8, 4) is 0 Å². The fourth-order valence-corrected chi connectivity index (χ4v) is 2.15. The normalized spacial score (nSPS) is 22.6. The number of benzene rings is 1. The van der Waals surface area contributed by atoms with Crippen LogP contribution in [0.5, 0.6) is 0 Å². The maximum Gasteiger partial charge on any atom is 0.238 e. The summed E-state index contributed by atoms with van der Waals surface area (Å²) in [5, 5.41) is 7.73. The van der Waals surface area contributed by atoms with Gasteiger partial charge in [-0.3, -0.25) is 4.79 Å². The van der Waals surface area contributed by atoms with Crippen LogP contribution in [0.3, 0.4) is 0 Å². The topological polar surface area (TPSA) is 115 Å². The van der Waals surface area contributed by atoms with Gasteiger partial charge in [0.25, 0.3) is 0 Å². The maximum absolute atomic E-state index is 11.5. The van der Waals surface area contributed by atoms with Crippen LogP contribution in [0, 0.1) is 5.92 Å². The predicted molar refractivity (Wildman–Crippen MR) is 65.7 cm³/mol. The van der Waals surface area contributed by atoms with Gasteiger partial charge in [0, 0.05) is 12.6 Å². The Morgan fingerprint density at radius 2 is 1.89 bits per heavy atom. The maximum atomic E-state index is 11.5. The molecule has 0 aliphatic heterocycles. The molecular formula is C11H15N3O3S. The van der Waals surface area contributed by atoms with Crippen molar-refractivity contribution in [2.75, 3.05) is 0 Å². The minimum absolute atomic E-state index is 0.0187. The van der Waals surface area contributed by atoms with Gasteiger partial charge in [-0.25, -0.2) is 13.6 Å². The molecular weight excluding hydrogens is 254 g/mol. The molecule has 0 bridgehead atoms. The van der Waals surface area contributed by atoms with E-state index >= 15 is 0 Å². The van der Waals surface area contributed by atoms with E-state index < -0.39 is 10.0 Å². The molecule has 1 fully saturated rings. The van der Waals surface area contributed by atoms with E-state index in [2.05, 4.69) is 5.32 Å². The van der Waals surface area contributed by atoms with Gasteiger partial charge in [0.2, 0.25) is 15.9 Å². The molecule has 0 heterocycles. The molecule has 2 atom stereocenters. The third kappa shape index (κ3) is 3.06. The van der Waals surface area contributed by atoms with E-state index in [4.69, 9.17) is 10.9 Å². The zero-order valence-electron chi connectivity index (χ0n) is 9.67. The second-order valence-corrected chi connectivity index (χ2v) is 5.97. The molecule has 1 aliphatic carbocycles. The summed E-state index contributed by atoms with van der Waals surface area (Å²) in [5.74, 6) is -0.133. The molecule has 0 aromatic heterocycles. The Balaban J connectivity index is 1.93. The zero-order valence-corrected chi connectivity index (χ0v) is 10.5. The standard InChI is InChI=1S/C11H15N3O3S/c12-10-5-9(10)11(15)14-6-7-1-3-8(4-2-7)18(13,16)17/h1-4,9-10H,5-6,12H2,(H,14,15)(H2,13,16,17). The Morgan fingerprint density at radius 3 is 2.33 bits per heavy atom. The van der Waals surface area contributed by atoms with Crippen molar-refractivity contribution in [3.05, 3.63) is 29.8 Å². The van der Waals surface area contributed by atoms with Crippen molar-refractivity contribution in [1.29, 1.82) is 0 Å². The Bertz CT molecular complexity index is 553. The van der Waals surface area contributed by atoms with Gasteiger partial charge in [0.15, 0.2) is 0 Å². The van der Waals surface area contributed by atoms with E-state index in [-0.39, 0.29) is 22.8 Å². The molecule has 5 N–H and O–H groups in total. The van der Waals surface area contributed by atoms with Crippen molar-refractivity contribution in [2.24, 2.45) is 16.8 Å². The van der Waals surface area contributed by atoms with Crippen molar-refractivity contribution < 1.29 is 13.2 Å². The average molecular weight is 269 g/mol. The number of carbonyl (C=O) groups excluding carboxylic acids is 1. The second kappa shape index (κ2) is 4.68. The van der Waals surface area contributed by atoms with Gasteiger partial charge in [-0.1, -0.05) is 12.1 Å². The van der Waals surface area contributed by atoms with Gasteiger partial charge in [-0.15, -0.1) is 0 Å². The highest BCUT2D eigenvalue weighted by Gasteiger charge is 2.39. The number of primary sulfonamides is 1. The molecule has 2 unspecified atom stereocenters. The third-order valence-electron chi connectivity index (χ3n) is 2.90. The van der Waals surface area contributed by atoms with Crippen LogP contribution in [0.25, 0.3) is 0 Å². The van der Waals surface area contributed by atoms with Crippen LogP contribution in [0.2, 0.25) is 0 Å². The van der Waals surface area contributed by atoms with Gasteiger partial charge in [-0.05, 0) is 24.1 Å². The van der Waals surface area contributed by atoms with Gasteiger partial charge in [0.05, 0.1) is 10.8 Å². The van der Waals surface area contributed by atoms with E-state index in [0.29, 0.717) is 6.54 Å². The molecule has 0 spiro atoms. The number of hydrogen-bond donors (Lipinski definition) is 3. The molecule has 7 heteroatoms. The SMILES string of the molecule is NC1CC1C(=O)NCc1ccc(S(N)(=O)=O)cc1. The van der Waals surface area contributed by atoms with Crippen LogP contribution in [0.1, 0.15) is 12.0 Å². The number of nitrogens with one attached hydrogen (secondary N) is 1. The lowest BCUT2D eigenvalue weighted by molar-refractivity contribution is -0.122. The first kappa shape index (κ1) is 13.0. The second-order valence-electron chi connectivity index (χ2n) is 4.41. The summed E-state index contributed by atoms with van der Waals surface area (Å²) >= 11 is 0. The minimum Gasteiger partial charge on any atom is -0.352 e. The van der Waals surface area contributed by atoms with Crippen LogP contribution < -0.4 is 16.2 Å². The Morgan fingerprint density at radius 1 is 1.33 bits per heavy atom. The molecule has 1 aromatic rings. The summed E-state index contributed by atoms with van der Waals surface area (Å²) in [6, 6.07) is 6.05. The number of hydrogen-bond acceptors (Lipinski definition) is 4. The highest BCUT2D eigenvalue weighted by molar-refractivity contribution is 7.89. The van der Waals surface area contributed by atoms with E-state index in [1.807, 2.05) is 0 Å². The lowest BCUT2D eigenvalue weighted by Gasteiger charge is -2.05. The summed E-state index contributed by atoms with van der Waals surface area (Å²) in [5.41, 5.74) is 6.37. The Kier molecular flexibility index (Phi) is 3.38. The molecule has 1 aliphatic rings. The number of carbonyl (C=O) groups is 1. The summed E-state index contributed by atoms with van der Waals surface area (Å²) in [6.45, 7) is 0.354. The van der Waals surface area contributed by atoms with E-state index in [1.165, 1.54) is 12.1 Å². The van der Waals surface area contributed by atoms with Crippen molar-refractivity contribution in [3.63, 3.8) is 0 Å². The third-order valence-corrected chi connectivity index (χ3v) is 3.82. The fraction of sp³-hybridized carbons (Fsp3) is 0.364. The van der Waals surface area contributed by atoms with Crippen LogP contribution in [0.4, 0.5) is 0 Å². The van der Waals surface area contributed by atoms with E-state index in [1.54, 1.807) is 12.1 Å². The lowest BCUT2D eigenvalue weighted by Crippen LogP contribution is -2.26. The summed E-state index contributed by atoms with van der Waals surface area (Å²) in [4.78, 5) is 11.6. The average Bonchev–Trinajstić information content (AvgIpc) is 3.03. The highest BCUT2D eigenvalue weighted by atomic mass is 32.2. The first-order valence-corrected chi connectivity index (χ1v) is 7.07. The van der Waals surface area contributed by atoms with Gasteiger partial charge in [0.1, 0.15) is 0 Å². The first-order chi connectivity index (χ1) is 8.38. The number of rotatable bonds is 4. The first-order valence-electron chi connectivity index (χ1n) is 5.53. The smallest absolute Gasteiger partial charge is 0.238 e. The minimum atomic E-state index is -3.67. The number of nitrogens with two attached hydrogens (primary N) is 2. The Labute approximate surface area is 105 Å². The summed E-state index contributed by atoms with van der Waals surface area (Å²) in [6.07, 6.45) is 0.732. The molecule has 18 heavy (non-hydrogen) atoms. The summed E-state index contributed by atoms with van der Waals surface area (Å²) in [7, 11) is -3.67. The van der Waals surface area contributed by atoms with Gasteiger partial charge in [-0.2, -0.15) is 0 Å². The monoisotopic (exact) mass is 269 g/mol. The van der Waals surface area contributed by atoms with E-state index in [0.717, 1.165) is 12.0 Å². The summed E-state index contributed by atoms with van der Waals surface area (Å²) < 4.78 is 22.1. The van der Waals surface area contributed by atoms with Crippen LogP contribution in [-0.2, 0) is 21.4 Å². The predicted octanol–water partition coefficient (Wildman–Crippen LogP) is -0.703. The number of amides is 1. The largest absolute Gasteiger partial charge is 0.352 e. The molecule has 0 saturated heterocycles. The molecule has 0 radical (unpaired) electrons. The van der Waals surface area contributed by atoms with Gasteiger partial charge < -0.3 is 11.1 Å². The molecule has 1 aromatic carbocycles. The van der Waals surface area contributed by atoms with E-state index in [9.17, 15) is 13.2 Å². The molecule has 2 rings (SSSR count). The zero-order chi connectivity index (χ0) is 13.3. The lowest BCUT2D eigenvalue weighted by atomic mass is 10.2. The van der Waals surface area contributed by atoms with Crippen LogP contribution in [-0.4, -0.2) is 20.4 Å². The van der Waals surface area contributed by atoms with Crippen molar-refractivity contribution in [1.82, 2.24) is 5.32 Å². The van der Waals surface area contributed by atoms with Crippen molar-refractivity contribution >= 4 is 15.9 Å². The van der Waals surface area contributed by atoms with Crippen LogP contribution in [0.15, 0.2) is 29.2 Å². The van der Waals surface area contributed by atoms with Gasteiger partial charge >= 0.3 is 0 Å². The number of sulfonamides is 1. The molecule has 1 amide bonds. The fourth-order valence-electron chi connectivity index (χ4n) is 1.63. The highest BCUT2D eigenvalue weighted by Crippen LogP contribution is 2.27. The molecule has 6 nitrogen and oxygen atoms in total. The quantitative estimate of drug-likeness (QED) is 0.670. The molecule has 1 saturated carbocycles. The van der Waals surface area contributed by atoms with Crippen LogP contribution >= 0.6 is 0 Å². The molecule has 98 valence electrons.